The Hall–Kier alpha value is -1.32. The predicted molar refractivity (Wildman–Crippen MR) is 80.2 cm³/mol. The molecular weight excluding hydrogens is 371 g/mol. The summed E-state index contributed by atoms with van der Waals surface area (Å²) in [6, 6.07) is 1.47. The van der Waals surface area contributed by atoms with Crippen LogP contribution in [0.5, 0.6) is 0 Å². The van der Waals surface area contributed by atoms with Gasteiger partial charge in [-0.1, -0.05) is 11.6 Å². The second kappa shape index (κ2) is 6.53. The number of rotatable bonds is 3. The largest absolute Gasteiger partial charge is 0.481 e. The molecule has 10 heteroatoms. The number of carbonyl (C=O) groups is 1. The van der Waals surface area contributed by atoms with E-state index in [0.29, 0.717) is 6.07 Å². The number of aliphatic carboxylic acids is 1. The van der Waals surface area contributed by atoms with Crippen molar-refractivity contribution >= 4 is 27.6 Å². The number of alkyl halides is 3. The monoisotopic (exact) mass is 385 g/mol. The second-order valence-electron chi connectivity index (χ2n) is 5.58. The summed E-state index contributed by atoms with van der Waals surface area (Å²) < 4.78 is 65.9. The third-order valence-corrected chi connectivity index (χ3v) is 6.36. The highest BCUT2D eigenvalue weighted by Crippen LogP contribution is 2.38. The Kier molecular flexibility index (Phi) is 5.17. The highest BCUT2D eigenvalue weighted by atomic mass is 35.5. The topological polar surface area (TPSA) is 74.7 Å². The normalized spacial score (nSPS) is 23.2. The Morgan fingerprint density at radius 3 is 2.54 bits per heavy atom. The van der Waals surface area contributed by atoms with Crippen molar-refractivity contribution in [2.45, 2.75) is 36.9 Å². The van der Waals surface area contributed by atoms with Crippen LogP contribution in [0.25, 0.3) is 0 Å². The number of carboxylic acid groups (broad SMARTS) is 1. The van der Waals surface area contributed by atoms with Gasteiger partial charge in [-0.2, -0.15) is 17.5 Å². The van der Waals surface area contributed by atoms with Crippen molar-refractivity contribution in [3.8, 4) is 0 Å². The minimum absolute atomic E-state index is 0.0345. The summed E-state index contributed by atoms with van der Waals surface area (Å²) in [5.41, 5.74) is -1.36. The lowest BCUT2D eigenvalue weighted by Gasteiger charge is -2.36. The first-order valence-electron chi connectivity index (χ1n) is 7.07. The van der Waals surface area contributed by atoms with Crippen LogP contribution in [0.3, 0.4) is 0 Å². The van der Waals surface area contributed by atoms with Gasteiger partial charge in [-0.3, -0.25) is 4.79 Å². The number of hydrogen-bond donors (Lipinski definition) is 1. The molecule has 2 rings (SSSR count). The fraction of sp³-hybridized carbons (Fsp3) is 0.500. The molecule has 0 aliphatic carbocycles. The third kappa shape index (κ3) is 3.52. The van der Waals surface area contributed by atoms with E-state index in [1.807, 2.05) is 0 Å². The van der Waals surface area contributed by atoms with Crippen molar-refractivity contribution in [3.05, 3.63) is 28.8 Å². The maximum atomic E-state index is 13.2. The van der Waals surface area contributed by atoms with Gasteiger partial charge in [0.2, 0.25) is 10.0 Å². The van der Waals surface area contributed by atoms with E-state index in [-0.39, 0.29) is 24.4 Å². The van der Waals surface area contributed by atoms with Gasteiger partial charge in [0.15, 0.2) is 0 Å². The van der Waals surface area contributed by atoms with Gasteiger partial charge in [-0.25, -0.2) is 8.42 Å². The minimum atomic E-state index is -4.90. The molecule has 1 aliphatic heterocycles. The smallest absolute Gasteiger partial charge is 0.417 e. The van der Waals surface area contributed by atoms with Crippen LogP contribution < -0.4 is 0 Å². The van der Waals surface area contributed by atoms with E-state index in [1.165, 1.54) is 6.92 Å². The number of hydrogen-bond acceptors (Lipinski definition) is 3. The van der Waals surface area contributed by atoms with Gasteiger partial charge in [0, 0.05) is 17.6 Å². The number of halogens is 4. The Morgan fingerprint density at radius 1 is 1.38 bits per heavy atom. The average molecular weight is 386 g/mol. The molecule has 134 valence electrons. The molecule has 1 N–H and O–H groups in total. The van der Waals surface area contributed by atoms with Crippen LogP contribution >= 0.6 is 11.6 Å². The molecule has 0 bridgehead atoms. The van der Waals surface area contributed by atoms with Gasteiger partial charge < -0.3 is 5.11 Å². The summed E-state index contributed by atoms with van der Waals surface area (Å²) in [7, 11) is -4.52. The van der Waals surface area contributed by atoms with Gasteiger partial charge >= 0.3 is 12.1 Å². The predicted octanol–water partition coefficient (Wildman–Crippen LogP) is 3.23. The Bertz CT molecular complexity index is 751. The van der Waals surface area contributed by atoms with Gasteiger partial charge in [0.25, 0.3) is 0 Å². The molecule has 0 unspecified atom stereocenters. The first-order valence-corrected chi connectivity index (χ1v) is 8.89. The molecule has 5 nitrogen and oxygen atoms in total. The first-order chi connectivity index (χ1) is 11.0. The molecule has 0 amide bonds. The van der Waals surface area contributed by atoms with Crippen LogP contribution in [-0.4, -0.2) is 36.4 Å². The van der Waals surface area contributed by atoms with Crippen molar-refractivity contribution < 1.29 is 31.5 Å². The minimum Gasteiger partial charge on any atom is -0.481 e. The molecule has 1 saturated heterocycles. The molecule has 1 fully saturated rings. The van der Waals surface area contributed by atoms with E-state index < -0.39 is 44.6 Å². The van der Waals surface area contributed by atoms with Crippen molar-refractivity contribution in [3.63, 3.8) is 0 Å². The van der Waals surface area contributed by atoms with E-state index in [2.05, 4.69) is 0 Å². The fourth-order valence-corrected chi connectivity index (χ4v) is 4.93. The van der Waals surface area contributed by atoms with Gasteiger partial charge in [-0.15, -0.1) is 0 Å². The zero-order chi connectivity index (χ0) is 18.3. The van der Waals surface area contributed by atoms with Crippen LogP contribution in [0.2, 0.25) is 5.02 Å². The Labute approximate surface area is 142 Å². The standard InChI is InChI=1S/C14H15ClF3NO4S/c1-8-10(13(20)21)3-2-6-19(8)24(22,23)12-5-4-9(15)7-11(12)14(16,17)18/h4-5,7-8,10H,2-3,6H2,1H3,(H,20,21)/t8-,10-/m1/s1. The van der Waals surface area contributed by atoms with Crippen LogP contribution in [0.4, 0.5) is 13.2 Å². The van der Waals surface area contributed by atoms with Crippen molar-refractivity contribution in [1.82, 2.24) is 4.31 Å². The number of carboxylic acids is 1. The highest BCUT2D eigenvalue weighted by molar-refractivity contribution is 7.89. The van der Waals surface area contributed by atoms with E-state index in [0.717, 1.165) is 16.4 Å². The lowest BCUT2D eigenvalue weighted by atomic mass is 9.92. The molecule has 0 spiro atoms. The molecule has 0 radical (unpaired) electrons. The maximum Gasteiger partial charge on any atom is 0.417 e. The molecule has 0 aromatic heterocycles. The number of benzene rings is 1. The van der Waals surface area contributed by atoms with Crippen LogP contribution in [0, 0.1) is 5.92 Å². The molecule has 0 saturated carbocycles. The maximum absolute atomic E-state index is 13.2. The van der Waals surface area contributed by atoms with Crippen molar-refractivity contribution in [2.24, 2.45) is 5.92 Å². The summed E-state index contributed by atoms with van der Waals surface area (Å²) in [6.45, 7) is 1.35. The van der Waals surface area contributed by atoms with E-state index in [4.69, 9.17) is 16.7 Å². The van der Waals surface area contributed by atoms with Gasteiger partial charge in [0.1, 0.15) is 0 Å². The SMILES string of the molecule is C[C@@H]1[C@H](C(=O)O)CCCN1S(=O)(=O)c1ccc(Cl)cc1C(F)(F)F. The first kappa shape index (κ1) is 19.0. The summed E-state index contributed by atoms with van der Waals surface area (Å²) in [5, 5.41) is 8.92. The van der Waals surface area contributed by atoms with E-state index in [9.17, 15) is 26.4 Å². The number of nitrogens with zero attached hydrogens (tertiary/aromatic N) is 1. The van der Waals surface area contributed by atoms with Crippen LogP contribution in [-0.2, 0) is 21.0 Å². The lowest BCUT2D eigenvalue weighted by molar-refractivity contribution is -0.144. The molecular formula is C14H15ClF3NO4S. The van der Waals surface area contributed by atoms with Crippen molar-refractivity contribution in [2.75, 3.05) is 6.54 Å². The summed E-state index contributed by atoms with van der Waals surface area (Å²) in [4.78, 5) is 10.3. The fourth-order valence-electron chi connectivity index (χ4n) is 2.86. The molecule has 1 heterocycles. The number of sulfonamides is 1. The molecule has 24 heavy (non-hydrogen) atoms. The van der Waals surface area contributed by atoms with Crippen molar-refractivity contribution in [1.29, 1.82) is 0 Å². The summed E-state index contributed by atoms with van der Waals surface area (Å²) in [5.74, 6) is -2.13. The molecule has 1 aromatic rings. The molecule has 1 aromatic carbocycles. The zero-order valence-corrected chi connectivity index (χ0v) is 14.1. The third-order valence-electron chi connectivity index (χ3n) is 4.08. The molecule has 2 atom stereocenters. The van der Waals surface area contributed by atoms with Crippen LogP contribution in [0.15, 0.2) is 23.1 Å². The van der Waals surface area contributed by atoms with Crippen LogP contribution in [0.1, 0.15) is 25.3 Å². The van der Waals surface area contributed by atoms with Gasteiger partial charge in [0.05, 0.1) is 16.4 Å². The Balaban J connectivity index is 2.53. The van der Waals surface area contributed by atoms with Gasteiger partial charge in [-0.05, 0) is 38.0 Å². The Morgan fingerprint density at radius 2 is 2.00 bits per heavy atom. The quantitative estimate of drug-likeness (QED) is 0.866. The lowest BCUT2D eigenvalue weighted by Crippen LogP contribution is -2.49. The highest BCUT2D eigenvalue weighted by Gasteiger charge is 2.43. The van der Waals surface area contributed by atoms with E-state index in [1.54, 1.807) is 0 Å². The molecule has 1 aliphatic rings. The second-order valence-corrected chi connectivity index (χ2v) is 7.88. The summed E-state index contributed by atoms with van der Waals surface area (Å²) >= 11 is 5.57. The van der Waals surface area contributed by atoms with E-state index >= 15 is 0 Å². The summed E-state index contributed by atoms with van der Waals surface area (Å²) in [6.07, 6.45) is -4.37. The zero-order valence-electron chi connectivity index (χ0n) is 12.5. The average Bonchev–Trinajstić information content (AvgIpc) is 2.45. The number of piperidine rings is 1.